The van der Waals surface area contributed by atoms with Gasteiger partial charge in [-0.3, -0.25) is 0 Å². The zero-order valence-electron chi connectivity index (χ0n) is 44.5. The number of halogens is 27. The minimum absolute atomic E-state index is 0.0671. The minimum atomic E-state index is -7.98. The fourth-order valence-electron chi connectivity index (χ4n) is 10.0. The topological polar surface area (TPSA) is 61.4 Å². The molecular weight excluding hydrogens is 1310 g/mol. The van der Waals surface area contributed by atoms with E-state index in [-0.39, 0.29) is 76.0 Å². The van der Waals surface area contributed by atoms with Gasteiger partial charge in [-0.1, -0.05) is 73.9 Å². The van der Waals surface area contributed by atoms with E-state index in [0.29, 0.717) is 41.5 Å². The van der Waals surface area contributed by atoms with Gasteiger partial charge in [0, 0.05) is 35.4 Å². The lowest BCUT2D eigenvalue weighted by Crippen LogP contribution is -2.70. The van der Waals surface area contributed by atoms with E-state index in [1.165, 1.54) is 6.08 Å². The third-order valence-corrected chi connectivity index (χ3v) is 15.8. The van der Waals surface area contributed by atoms with Crippen LogP contribution in [0.2, 0.25) is 0 Å². The summed E-state index contributed by atoms with van der Waals surface area (Å²) in [5.74, 6) is -81.3. The van der Waals surface area contributed by atoms with Gasteiger partial charge >= 0.3 is 69.1 Å². The van der Waals surface area contributed by atoms with Crippen molar-refractivity contribution in [3.63, 3.8) is 0 Å². The van der Waals surface area contributed by atoms with Gasteiger partial charge in [-0.2, -0.15) is 105 Å². The molecule has 0 bridgehead atoms. The molecule has 0 saturated carbocycles. The lowest BCUT2D eigenvalue weighted by atomic mass is 9.87. The first-order valence-electron chi connectivity index (χ1n) is 26.4. The number of allylic oxidation sites excluding steroid dienone is 3. The molecule has 0 spiro atoms. The molecule has 4 unspecified atom stereocenters. The molecule has 0 amide bonds. The molecule has 2 aromatic heterocycles. The molecule has 0 N–H and O–H groups in total. The van der Waals surface area contributed by atoms with Crippen molar-refractivity contribution in [2.24, 2.45) is 0 Å². The van der Waals surface area contributed by atoms with E-state index >= 15 is 70.2 Å². The highest BCUT2D eigenvalue weighted by molar-refractivity contribution is 14.1. The Kier molecular flexibility index (Phi) is 22.4. The number of hydrogen-bond acceptors (Lipinski definition) is 4. The fraction of sp³-hybridized carbons (Fsp3) is 0.840. The number of hydrogen-bond donors (Lipinski definition) is 0. The Morgan fingerprint density at radius 2 is 0.819 bits per heavy atom. The summed E-state index contributed by atoms with van der Waals surface area (Å²) < 4.78 is 382. The maximum atomic E-state index is 15.7. The summed E-state index contributed by atoms with van der Waals surface area (Å²) in [6.45, 7) is 5.51. The summed E-state index contributed by atoms with van der Waals surface area (Å²) in [5, 5.41) is 14.3. The summed E-state index contributed by atoms with van der Waals surface area (Å²) in [7, 11) is 0. The van der Waals surface area contributed by atoms with Crippen molar-refractivity contribution in [3.05, 3.63) is 47.6 Å². The van der Waals surface area contributed by atoms with Crippen molar-refractivity contribution in [1.29, 1.82) is 0 Å². The minimum Gasteiger partial charge on any atom is -0.246 e. The molecule has 4 atom stereocenters. The lowest BCUT2D eigenvalue weighted by Gasteiger charge is -2.41. The van der Waals surface area contributed by atoms with Crippen LogP contribution in [0.3, 0.4) is 0 Å². The summed E-state index contributed by atoms with van der Waals surface area (Å²) in [6.07, 6.45) is -7.43. The SMILES string of the molecule is C=CCCCCCCC(CC(F)(F)C(F)(F)C(F)(F)C(F)(F)C(F)(F)C(F)(F)/C=C/CCCCCCC(CC(F)(F)C(F)(F)C(F)(F)C(F)(F)C(F)(F)C(F)(F)I)n1nnc2c1CCCCCC2(C)F)n1nnc2c1CCCCCC2(C)F. The molecule has 0 saturated heterocycles. The molecule has 2 aliphatic rings. The molecule has 4 rings (SSSR count). The van der Waals surface area contributed by atoms with Crippen molar-refractivity contribution >= 4 is 22.6 Å². The smallest absolute Gasteiger partial charge is 0.246 e. The third-order valence-electron chi connectivity index (χ3n) is 15.1. The Balaban J connectivity index is 1.52. The van der Waals surface area contributed by atoms with Crippen LogP contribution in [0.15, 0.2) is 24.8 Å². The van der Waals surface area contributed by atoms with Crippen LogP contribution < -0.4 is 0 Å². The highest BCUT2D eigenvalue weighted by atomic mass is 127. The van der Waals surface area contributed by atoms with Crippen LogP contribution in [0, 0.1) is 0 Å². The van der Waals surface area contributed by atoms with Gasteiger partial charge in [0.1, 0.15) is 11.4 Å². The Morgan fingerprint density at radius 3 is 1.19 bits per heavy atom. The van der Waals surface area contributed by atoms with Crippen LogP contribution in [0.1, 0.15) is 190 Å². The molecule has 83 heavy (non-hydrogen) atoms. The summed E-state index contributed by atoms with van der Waals surface area (Å²) in [6, 6.07) is -4.56. The third kappa shape index (κ3) is 14.2. The average Bonchev–Trinajstić information content (AvgIpc) is 4.15. The van der Waals surface area contributed by atoms with Gasteiger partial charge < -0.3 is 0 Å². The second-order valence-corrected chi connectivity index (χ2v) is 23.0. The number of alkyl halides is 27. The quantitative estimate of drug-likeness (QED) is 0.0248. The molecule has 0 radical (unpaired) electrons. The van der Waals surface area contributed by atoms with E-state index in [1.54, 1.807) is 0 Å². The van der Waals surface area contributed by atoms with Gasteiger partial charge in [-0.05, 0) is 110 Å². The largest absolute Gasteiger partial charge is 0.387 e. The maximum Gasteiger partial charge on any atom is 0.387 e. The van der Waals surface area contributed by atoms with Gasteiger partial charge in [0.05, 0.1) is 23.5 Å². The van der Waals surface area contributed by atoms with Gasteiger partial charge in [0.25, 0.3) is 0 Å². The molecule has 0 aromatic carbocycles. The van der Waals surface area contributed by atoms with Crippen molar-refractivity contribution in [2.45, 2.75) is 260 Å². The number of nitrogens with zero attached hydrogens (tertiary/aromatic N) is 6. The predicted octanol–water partition coefficient (Wildman–Crippen LogP) is 19.5. The normalized spacial score (nSPS) is 21.0. The lowest BCUT2D eigenvalue weighted by molar-refractivity contribution is -0.421. The average molecular weight is 1370 g/mol. The summed E-state index contributed by atoms with van der Waals surface area (Å²) >= 11 is -0.804. The van der Waals surface area contributed by atoms with Crippen molar-refractivity contribution in [2.75, 3.05) is 0 Å². The second-order valence-electron chi connectivity index (χ2n) is 21.7. The Labute approximate surface area is 473 Å². The van der Waals surface area contributed by atoms with Crippen molar-refractivity contribution in [1.82, 2.24) is 30.0 Å². The standard InChI is InChI=1S/C50H61F26IN6/c1-4-5-6-7-10-15-22-31(82-33-24-17-13-19-26-37(2,51)35(33)78-80-82)29-40(55,56)43(61,62)46(67,68)45(65,66)42(59,60)39(53,54)28-21-12-9-8-11-16-23-32(83-34-25-18-14-20-27-38(3,52)36(34)79-81-83)30-41(57,58)44(63,64)47(69,70)48(71,72)49(73,74)50(75,76)77/h4,21,28,31-32H,1,5-20,22-27,29-30H2,2-3H3/b28-21+. The molecule has 2 aliphatic carbocycles. The highest BCUT2D eigenvalue weighted by Gasteiger charge is 2.91. The van der Waals surface area contributed by atoms with E-state index in [1.807, 2.05) is 0 Å². The van der Waals surface area contributed by atoms with E-state index in [0.717, 1.165) is 13.8 Å². The Morgan fingerprint density at radius 1 is 0.470 bits per heavy atom. The van der Waals surface area contributed by atoms with Gasteiger partial charge in [-0.25, -0.2) is 18.1 Å². The molecule has 6 nitrogen and oxygen atoms in total. The first-order chi connectivity index (χ1) is 37.6. The van der Waals surface area contributed by atoms with E-state index in [2.05, 4.69) is 27.2 Å². The fourth-order valence-corrected chi connectivity index (χ4v) is 10.4. The van der Waals surface area contributed by atoms with Crippen LogP contribution in [-0.2, 0) is 24.2 Å². The van der Waals surface area contributed by atoms with E-state index < -0.39 is 196 Å². The van der Waals surface area contributed by atoms with Crippen LogP contribution in [-0.4, -0.2) is 99.1 Å². The number of unbranched alkanes of at least 4 members (excludes halogenated alkanes) is 8. The van der Waals surface area contributed by atoms with E-state index in [9.17, 15) is 43.9 Å². The number of aromatic nitrogens is 6. The molecule has 480 valence electrons. The van der Waals surface area contributed by atoms with Crippen molar-refractivity contribution < 1.29 is 114 Å². The molecule has 33 heteroatoms. The monoisotopic (exact) mass is 1370 g/mol. The Bertz CT molecular complexity index is 2460. The van der Waals surface area contributed by atoms with E-state index in [4.69, 9.17) is 0 Å². The van der Waals surface area contributed by atoms with Crippen LogP contribution >= 0.6 is 22.6 Å². The molecule has 2 aromatic rings. The molecule has 0 aliphatic heterocycles. The second kappa shape index (κ2) is 25.8. The van der Waals surface area contributed by atoms with Gasteiger partial charge in [0.2, 0.25) is 0 Å². The molecule has 2 heterocycles. The van der Waals surface area contributed by atoms with Crippen molar-refractivity contribution in [3.8, 4) is 0 Å². The maximum absolute atomic E-state index is 15.7. The van der Waals surface area contributed by atoms with Gasteiger partial charge in [-0.15, -0.1) is 16.8 Å². The highest BCUT2D eigenvalue weighted by Crippen LogP contribution is 2.64. The van der Waals surface area contributed by atoms with Crippen LogP contribution in [0.25, 0.3) is 0 Å². The number of rotatable bonds is 31. The number of fused-ring (bicyclic) bond motifs is 2. The first kappa shape index (κ1) is 72.1. The van der Waals surface area contributed by atoms with Gasteiger partial charge in [0.15, 0.2) is 11.3 Å². The van der Waals surface area contributed by atoms with Crippen LogP contribution in [0.4, 0.5) is 114 Å². The Hall–Kier alpha value is -3.33. The summed E-state index contributed by atoms with van der Waals surface area (Å²) in [4.78, 5) is 0. The zero-order chi connectivity index (χ0) is 63.5. The molecular formula is C50H61F26IN6. The first-order valence-corrected chi connectivity index (χ1v) is 27.5. The predicted molar refractivity (Wildman–Crippen MR) is 257 cm³/mol. The zero-order valence-corrected chi connectivity index (χ0v) is 46.6. The molecule has 0 fully saturated rings. The van der Waals surface area contributed by atoms with Crippen LogP contribution in [0.5, 0.6) is 0 Å². The summed E-state index contributed by atoms with van der Waals surface area (Å²) in [5.41, 5.74) is -6.26.